The SMILES string of the molecule is CC1CCCN(S(=O)(=O)N2CCCCC2CCBr)C1. The average molecular weight is 353 g/mol. The Kier molecular flexibility index (Phi) is 5.69. The fourth-order valence-corrected chi connectivity index (χ4v) is 5.77. The van der Waals surface area contributed by atoms with Crippen molar-refractivity contribution in [3.63, 3.8) is 0 Å². The van der Waals surface area contributed by atoms with Gasteiger partial charge in [0.2, 0.25) is 0 Å². The van der Waals surface area contributed by atoms with Crippen LogP contribution in [0.5, 0.6) is 0 Å². The molecule has 0 radical (unpaired) electrons. The highest BCUT2D eigenvalue weighted by Crippen LogP contribution is 2.27. The Balaban J connectivity index is 2.11. The Labute approximate surface area is 125 Å². The molecule has 2 aliphatic rings. The summed E-state index contributed by atoms with van der Waals surface area (Å²) in [6.45, 7) is 4.24. The number of alkyl halides is 1. The van der Waals surface area contributed by atoms with E-state index < -0.39 is 10.2 Å². The van der Waals surface area contributed by atoms with Crippen molar-refractivity contribution in [2.24, 2.45) is 5.92 Å². The predicted molar refractivity (Wildman–Crippen MR) is 81.6 cm³/mol. The van der Waals surface area contributed by atoms with Crippen LogP contribution in [0.15, 0.2) is 0 Å². The number of hydrogen-bond donors (Lipinski definition) is 0. The highest BCUT2D eigenvalue weighted by molar-refractivity contribution is 9.09. The summed E-state index contributed by atoms with van der Waals surface area (Å²) in [6.07, 6.45) is 6.23. The molecule has 19 heavy (non-hydrogen) atoms. The quantitative estimate of drug-likeness (QED) is 0.729. The molecule has 0 spiro atoms. The molecule has 4 nitrogen and oxygen atoms in total. The number of piperidine rings is 2. The lowest BCUT2D eigenvalue weighted by atomic mass is 10.0. The molecule has 0 aliphatic carbocycles. The smallest absolute Gasteiger partial charge is 0.195 e. The van der Waals surface area contributed by atoms with Gasteiger partial charge in [0.05, 0.1) is 0 Å². The van der Waals surface area contributed by atoms with E-state index >= 15 is 0 Å². The molecule has 2 aliphatic heterocycles. The summed E-state index contributed by atoms with van der Waals surface area (Å²) in [6, 6.07) is 0.190. The third-order valence-electron chi connectivity index (χ3n) is 4.26. The van der Waals surface area contributed by atoms with E-state index in [1.807, 2.05) is 0 Å². The molecule has 2 fully saturated rings. The lowest BCUT2D eigenvalue weighted by Gasteiger charge is -2.40. The summed E-state index contributed by atoms with van der Waals surface area (Å²) in [5.41, 5.74) is 0. The van der Waals surface area contributed by atoms with Gasteiger partial charge in [0.25, 0.3) is 10.2 Å². The van der Waals surface area contributed by atoms with Gasteiger partial charge in [0.15, 0.2) is 0 Å². The Hall–Kier alpha value is 0.350. The van der Waals surface area contributed by atoms with Crippen LogP contribution in [0.25, 0.3) is 0 Å². The molecule has 6 heteroatoms. The predicted octanol–water partition coefficient (Wildman–Crippen LogP) is 2.60. The van der Waals surface area contributed by atoms with Crippen LogP contribution in [0.3, 0.4) is 0 Å². The van der Waals surface area contributed by atoms with Crippen LogP contribution in [-0.4, -0.2) is 48.0 Å². The van der Waals surface area contributed by atoms with E-state index in [-0.39, 0.29) is 6.04 Å². The number of rotatable bonds is 4. The van der Waals surface area contributed by atoms with Gasteiger partial charge in [-0.2, -0.15) is 17.0 Å². The van der Waals surface area contributed by atoms with E-state index in [1.54, 1.807) is 8.61 Å². The minimum atomic E-state index is -3.24. The summed E-state index contributed by atoms with van der Waals surface area (Å²) in [7, 11) is -3.24. The van der Waals surface area contributed by atoms with Gasteiger partial charge in [0, 0.05) is 31.0 Å². The summed E-state index contributed by atoms with van der Waals surface area (Å²) in [4.78, 5) is 0. The molecule has 112 valence electrons. The molecule has 0 aromatic heterocycles. The number of halogens is 1. The van der Waals surface area contributed by atoms with Gasteiger partial charge in [0.1, 0.15) is 0 Å². The van der Waals surface area contributed by atoms with Crippen LogP contribution in [0.4, 0.5) is 0 Å². The summed E-state index contributed by atoms with van der Waals surface area (Å²) in [5, 5.41) is 0.875. The summed E-state index contributed by atoms with van der Waals surface area (Å²) >= 11 is 3.45. The normalized spacial score (nSPS) is 31.5. The van der Waals surface area contributed by atoms with E-state index in [4.69, 9.17) is 0 Å². The first-order chi connectivity index (χ1) is 9.05. The monoisotopic (exact) mass is 352 g/mol. The van der Waals surface area contributed by atoms with Gasteiger partial charge in [-0.25, -0.2) is 0 Å². The Bertz CT molecular complexity index is 386. The average Bonchev–Trinajstić information content (AvgIpc) is 2.39. The summed E-state index contributed by atoms with van der Waals surface area (Å²) < 4.78 is 29.1. The zero-order valence-electron chi connectivity index (χ0n) is 11.7. The maximum Gasteiger partial charge on any atom is 0.282 e. The van der Waals surface area contributed by atoms with E-state index in [2.05, 4.69) is 22.9 Å². The molecule has 0 aromatic carbocycles. The lowest BCUT2D eigenvalue weighted by molar-refractivity contribution is 0.208. The van der Waals surface area contributed by atoms with Crippen molar-refractivity contribution in [2.75, 3.05) is 25.0 Å². The first-order valence-electron chi connectivity index (χ1n) is 7.38. The van der Waals surface area contributed by atoms with E-state index in [1.165, 1.54) is 0 Å². The fraction of sp³-hybridized carbons (Fsp3) is 1.00. The van der Waals surface area contributed by atoms with Gasteiger partial charge in [-0.3, -0.25) is 0 Å². The Morgan fingerprint density at radius 2 is 1.95 bits per heavy atom. The zero-order chi connectivity index (χ0) is 13.9. The lowest BCUT2D eigenvalue weighted by Crippen LogP contribution is -2.52. The topological polar surface area (TPSA) is 40.6 Å². The maximum absolute atomic E-state index is 12.8. The first-order valence-corrected chi connectivity index (χ1v) is 9.90. The van der Waals surface area contributed by atoms with E-state index in [9.17, 15) is 8.42 Å². The van der Waals surface area contributed by atoms with E-state index in [0.29, 0.717) is 25.6 Å². The standard InChI is InChI=1S/C13H25BrN2O2S/c1-12-5-4-9-15(11-12)19(17,18)16-10-3-2-6-13(16)7-8-14/h12-13H,2-11H2,1H3. The van der Waals surface area contributed by atoms with Gasteiger partial charge in [-0.05, 0) is 38.0 Å². The first kappa shape index (κ1) is 15.7. The number of hydrogen-bond acceptors (Lipinski definition) is 2. The van der Waals surface area contributed by atoms with E-state index in [0.717, 1.165) is 43.9 Å². The minimum Gasteiger partial charge on any atom is -0.195 e. The second-order valence-electron chi connectivity index (χ2n) is 5.85. The molecule has 0 amide bonds. The van der Waals surface area contributed by atoms with Crippen molar-refractivity contribution in [3.05, 3.63) is 0 Å². The van der Waals surface area contributed by atoms with Gasteiger partial charge in [-0.15, -0.1) is 0 Å². The van der Waals surface area contributed by atoms with Crippen molar-refractivity contribution in [1.82, 2.24) is 8.61 Å². The minimum absolute atomic E-state index is 0.190. The van der Waals surface area contributed by atoms with Crippen LogP contribution in [0.1, 0.15) is 45.4 Å². The molecule has 0 N–H and O–H groups in total. The van der Waals surface area contributed by atoms with Crippen molar-refractivity contribution in [3.8, 4) is 0 Å². The second-order valence-corrected chi connectivity index (χ2v) is 8.53. The van der Waals surface area contributed by atoms with Crippen molar-refractivity contribution < 1.29 is 8.42 Å². The van der Waals surface area contributed by atoms with Gasteiger partial charge in [-0.1, -0.05) is 29.3 Å². The zero-order valence-corrected chi connectivity index (χ0v) is 14.1. The van der Waals surface area contributed by atoms with Crippen LogP contribution in [0, 0.1) is 5.92 Å². The van der Waals surface area contributed by atoms with Crippen LogP contribution in [0.2, 0.25) is 0 Å². The van der Waals surface area contributed by atoms with Crippen molar-refractivity contribution in [1.29, 1.82) is 0 Å². The molecule has 0 bridgehead atoms. The Morgan fingerprint density at radius 1 is 1.16 bits per heavy atom. The third kappa shape index (κ3) is 3.71. The van der Waals surface area contributed by atoms with Crippen LogP contribution >= 0.6 is 15.9 Å². The molecule has 2 rings (SSSR count). The fourth-order valence-electron chi connectivity index (χ4n) is 3.20. The molecule has 2 unspecified atom stereocenters. The van der Waals surface area contributed by atoms with Crippen molar-refractivity contribution >= 4 is 26.1 Å². The molecular formula is C13H25BrN2O2S. The highest BCUT2D eigenvalue weighted by Gasteiger charge is 2.37. The number of nitrogens with zero attached hydrogens (tertiary/aromatic N) is 2. The molecule has 2 heterocycles. The van der Waals surface area contributed by atoms with Crippen LogP contribution in [-0.2, 0) is 10.2 Å². The third-order valence-corrected chi connectivity index (χ3v) is 6.77. The van der Waals surface area contributed by atoms with Crippen molar-refractivity contribution in [2.45, 2.75) is 51.5 Å². The highest BCUT2D eigenvalue weighted by atomic mass is 79.9. The molecule has 2 atom stereocenters. The largest absolute Gasteiger partial charge is 0.282 e. The van der Waals surface area contributed by atoms with Gasteiger partial charge >= 0.3 is 0 Å². The van der Waals surface area contributed by atoms with Gasteiger partial charge < -0.3 is 0 Å². The molecular weight excluding hydrogens is 328 g/mol. The van der Waals surface area contributed by atoms with Crippen LogP contribution < -0.4 is 0 Å². The summed E-state index contributed by atoms with van der Waals surface area (Å²) in [5.74, 6) is 0.489. The maximum atomic E-state index is 12.8. The second kappa shape index (κ2) is 6.87. The molecule has 0 aromatic rings. The Morgan fingerprint density at radius 3 is 2.63 bits per heavy atom. The molecule has 2 saturated heterocycles. The molecule has 0 saturated carbocycles.